The van der Waals surface area contributed by atoms with Crippen molar-refractivity contribution in [3.8, 4) is 5.88 Å². The molecule has 0 aromatic carbocycles. The van der Waals surface area contributed by atoms with Gasteiger partial charge in [0, 0.05) is 69.3 Å². The summed E-state index contributed by atoms with van der Waals surface area (Å²) in [5.41, 5.74) is 1.88. The van der Waals surface area contributed by atoms with E-state index in [0.29, 0.717) is 48.6 Å². The molecule has 3 aromatic rings. The maximum atomic E-state index is 12.4. The Morgan fingerprint density at radius 1 is 1.19 bits per heavy atom. The maximum Gasteiger partial charge on any atom is 0.250 e. The molecule has 1 N–H and O–H groups in total. The zero-order chi connectivity index (χ0) is 22.1. The Hall–Kier alpha value is -3.27. The number of carbonyl (C=O) groups is 1. The van der Waals surface area contributed by atoms with Gasteiger partial charge in [0.2, 0.25) is 11.8 Å². The number of aryl methyl sites for hydroxylation is 1. The summed E-state index contributed by atoms with van der Waals surface area (Å²) in [5, 5.41) is 15.5. The summed E-state index contributed by atoms with van der Waals surface area (Å²) < 4.78 is 8.70. The van der Waals surface area contributed by atoms with Gasteiger partial charge in [0.15, 0.2) is 11.5 Å². The average molecular weight is 438 g/mol. The Labute approximate surface area is 185 Å². The van der Waals surface area contributed by atoms with Crippen LogP contribution in [0.2, 0.25) is 0 Å². The van der Waals surface area contributed by atoms with Gasteiger partial charge in [0.25, 0.3) is 5.56 Å². The molecule has 2 bridgehead atoms. The molecular weight excluding hydrogens is 410 g/mol. The van der Waals surface area contributed by atoms with Gasteiger partial charge in [-0.15, -0.1) is 15.3 Å². The number of rotatable bonds is 7. The molecule has 2 unspecified atom stereocenters. The zero-order valence-corrected chi connectivity index (χ0v) is 18.1. The van der Waals surface area contributed by atoms with Crippen molar-refractivity contribution in [1.82, 2.24) is 34.6 Å². The number of methoxy groups -OCH3 is 1. The van der Waals surface area contributed by atoms with Gasteiger partial charge in [-0.05, 0) is 24.5 Å². The van der Waals surface area contributed by atoms with Gasteiger partial charge in [-0.2, -0.15) is 4.52 Å². The van der Waals surface area contributed by atoms with Crippen LogP contribution >= 0.6 is 0 Å². The quantitative estimate of drug-likeness (QED) is 0.572. The molecule has 1 saturated heterocycles. The summed E-state index contributed by atoms with van der Waals surface area (Å²) in [7, 11) is 1.56. The molecule has 3 aromatic heterocycles. The number of fused-ring (bicyclic) bond motifs is 5. The van der Waals surface area contributed by atoms with E-state index < -0.39 is 0 Å². The molecule has 0 aliphatic carbocycles. The van der Waals surface area contributed by atoms with E-state index in [1.807, 2.05) is 10.6 Å². The van der Waals surface area contributed by atoms with Crippen LogP contribution < -0.4 is 15.6 Å². The number of nitrogens with one attached hydrogen (secondary N) is 1. The Morgan fingerprint density at radius 3 is 2.97 bits per heavy atom. The molecular formula is C22H27N7O3. The van der Waals surface area contributed by atoms with Gasteiger partial charge in [-0.3, -0.25) is 9.59 Å². The smallest absolute Gasteiger partial charge is 0.250 e. The molecule has 32 heavy (non-hydrogen) atoms. The monoisotopic (exact) mass is 437 g/mol. The van der Waals surface area contributed by atoms with Crippen molar-refractivity contribution < 1.29 is 9.53 Å². The minimum Gasteiger partial charge on any atom is -0.480 e. The highest BCUT2D eigenvalue weighted by molar-refractivity contribution is 5.76. The fourth-order valence-electron chi connectivity index (χ4n) is 4.93. The highest BCUT2D eigenvalue weighted by Crippen LogP contribution is 2.34. The molecule has 0 radical (unpaired) electrons. The number of amides is 1. The second-order valence-corrected chi connectivity index (χ2v) is 8.57. The maximum absolute atomic E-state index is 12.4. The van der Waals surface area contributed by atoms with Gasteiger partial charge in [0.1, 0.15) is 0 Å². The first-order chi connectivity index (χ1) is 15.6. The second-order valence-electron chi connectivity index (χ2n) is 8.57. The number of hydrogen-bond acceptors (Lipinski definition) is 7. The van der Waals surface area contributed by atoms with Gasteiger partial charge in [-0.25, -0.2) is 0 Å². The van der Waals surface area contributed by atoms with Crippen molar-refractivity contribution >= 4 is 11.6 Å². The van der Waals surface area contributed by atoms with Crippen LogP contribution in [0.1, 0.15) is 30.3 Å². The first-order valence-electron chi connectivity index (χ1n) is 11.0. The topological polar surface area (TPSA) is 107 Å². The van der Waals surface area contributed by atoms with E-state index in [0.717, 1.165) is 38.3 Å². The minimum absolute atomic E-state index is 0.0150. The number of ether oxygens (including phenoxy) is 1. The third-order valence-corrected chi connectivity index (χ3v) is 6.39. The van der Waals surface area contributed by atoms with Gasteiger partial charge < -0.3 is 19.5 Å². The van der Waals surface area contributed by atoms with Crippen molar-refractivity contribution in [2.75, 3.05) is 33.3 Å². The first-order valence-corrected chi connectivity index (χ1v) is 11.0. The van der Waals surface area contributed by atoms with Gasteiger partial charge in [-0.1, -0.05) is 6.07 Å². The van der Waals surface area contributed by atoms with Crippen molar-refractivity contribution in [3.63, 3.8) is 0 Å². The summed E-state index contributed by atoms with van der Waals surface area (Å²) in [6, 6.07) is 9.09. The van der Waals surface area contributed by atoms with Gasteiger partial charge in [0.05, 0.1) is 7.11 Å². The number of carbonyl (C=O) groups excluding carboxylic acids is 1. The van der Waals surface area contributed by atoms with E-state index in [4.69, 9.17) is 4.74 Å². The summed E-state index contributed by atoms with van der Waals surface area (Å²) in [6.45, 7) is 4.09. The number of pyridine rings is 1. The highest BCUT2D eigenvalue weighted by Gasteiger charge is 2.34. The van der Waals surface area contributed by atoms with Crippen molar-refractivity contribution in [3.05, 3.63) is 52.2 Å². The van der Waals surface area contributed by atoms with Crippen molar-refractivity contribution in [1.29, 1.82) is 0 Å². The van der Waals surface area contributed by atoms with Crippen LogP contribution in [0, 0.1) is 5.92 Å². The molecule has 10 heteroatoms. The molecule has 0 saturated carbocycles. The molecule has 1 fully saturated rings. The summed E-state index contributed by atoms with van der Waals surface area (Å²) in [5.74, 6) is 1.97. The van der Waals surface area contributed by atoms with E-state index in [9.17, 15) is 9.59 Å². The van der Waals surface area contributed by atoms with Crippen LogP contribution in [0.3, 0.4) is 0 Å². The largest absolute Gasteiger partial charge is 0.480 e. The molecule has 0 spiro atoms. The van der Waals surface area contributed by atoms with Crippen LogP contribution in [-0.4, -0.2) is 68.5 Å². The molecule has 5 heterocycles. The van der Waals surface area contributed by atoms with Crippen LogP contribution in [0.15, 0.2) is 35.1 Å². The van der Waals surface area contributed by atoms with E-state index in [1.54, 1.807) is 29.8 Å². The normalized spacial score (nSPS) is 20.2. The van der Waals surface area contributed by atoms with Crippen LogP contribution in [0.5, 0.6) is 5.88 Å². The van der Waals surface area contributed by atoms with Crippen LogP contribution in [0.25, 0.3) is 5.65 Å². The number of nitrogens with zero attached hydrogens (tertiary/aromatic N) is 6. The van der Waals surface area contributed by atoms with Crippen LogP contribution in [0.4, 0.5) is 0 Å². The summed E-state index contributed by atoms with van der Waals surface area (Å²) >= 11 is 0. The van der Waals surface area contributed by atoms with Crippen molar-refractivity contribution in [2.24, 2.45) is 5.92 Å². The van der Waals surface area contributed by atoms with Gasteiger partial charge >= 0.3 is 0 Å². The fourth-order valence-corrected chi connectivity index (χ4v) is 4.93. The molecule has 2 aliphatic heterocycles. The predicted octanol–water partition coefficient (Wildman–Crippen LogP) is 0.463. The minimum atomic E-state index is -0.0150. The number of hydrogen-bond donors (Lipinski definition) is 1. The Bertz CT molecular complexity index is 1190. The third kappa shape index (κ3) is 4.10. The number of likely N-dealkylation sites (tertiary alicyclic amines) is 1. The van der Waals surface area contributed by atoms with E-state index in [1.165, 1.54) is 0 Å². The summed E-state index contributed by atoms with van der Waals surface area (Å²) in [4.78, 5) is 26.9. The number of piperidine rings is 1. The molecule has 5 rings (SSSR count). The second kappa shape index (κ2) is 8.70. The standard InChI is InChI=1S/C22H27N7O3/c1-32-21-8-6-19-25-24-18(29(19)26-21)5-7-20(30)23-9-10-27-12-15-11-16(14-27)17-3-2-4-22(31)28(17)13-15/h2-4,6,8,15-16H,5,7,9-14H2,1H3,(H,23,30). The Morgan fingerprint density at radius 2 is 2.09 bits per heavy atom. The Balaban J connectivity index is 1.11. The lowest BCUT2D eigenvalue weighted by Crippen LogP contribution is -2.48. The van der Waals surface area contributed by atoms with Crippen LogP contribution in [-0.2, 0) is 17.8 Å². The number of aromatic nitrogens is 5. The van der Waals surface area contributed by atoms with E-state index in [-0.39, 0.29) is 11.5 Å². The SMILES string of the molecule is COc1ccc2nnc(CCC(=O)NCCN3CC4CC(C3)c3cccc(=O)n3C4)n2n1. The summed E-state index contributed by atoms with van der Waals surface area (Å²) in [6.07, 6.45) is 1.91. The molecule has 2 atom stereocenters. The van der Waals surface area contributed by atoms with Crippen molar-refractivity contribution in [2.45, 2.75) is 31.7 Å². The third-order valence-electron chi connectivity index (χ3n) is 6.39. The predicted molar refractivity (Wildman–Crippen MR) is 117 cm³/mol. The lowest BCUT2D eigenvalue weighted by molar-refractivity contribution is -0.121. The van der Waals surface area contributed by atoms with E-state index in [2.05, 4.69) is 31.6 Å². The highest BCUT2D eigenvalue weighted by atomic mass is 16.5. The molecule has 10 nitrogen and oxygen atoms in total. The molecule has 168 valence electrons. The average Bonchev–Trinajstić information content (AvgIpc) is 3.20. The zero-order valence-electron chi connectivity index (χ0n) is 18.1. The van der Waals surface area contributed by atoms with E-state index >= 15 is 0 Å². The lowest BCUT2D eigenvalue weighted by atomic mass is 9.83. The fraction of sp³-hybridized carbons (Fsp3) is 0.500. The molecule has 2 aliphatic rings. The first kappa shape index (κ1) is 20.6. The molecule has 1 amide bonds. The Kier molecular flexibility index (Phi) is 5.60. The lowest BCUT2D eigenvalue weighted by Gasteiger charge is -2.42.